The van der Waals surface area contributed by atoms with Crippen molar-refractivity contribution in [3.63, 3.8) is 0 Å². The lowest BCUT2D eigenvalue weighted by atomic mass is 10.2. The molecule has 30 heavy (non-hydrogen) atoms. The minimum Gasteiger partial charge on any atom is -0.493 e. The summed E-state index contributed by atoms with van der Waals surface area (Å²) in [5.74, 6) is 0.784. The topological polar surface area (TPSA) is 94.8 Å². The fourth-order valence-corrected chi connectivity index (χ4v) is 3.85. The number of aryl methyl sites for hydroxylation is 2. The highest BCUT2D eigenvalue weighted by Gasteiger charge is 2.13. The van der Waals surface area contributed by atoms with Crippen molar-refractivity contribution in [1.29, 1.82) is 0 Å². The number of nitrogens with one attached hydrogen (secondary N) is 1. The van der Waals surface area contributed by atoms with Gasteiger partial charge in [-0.05, 0) is 57.0 Å². The minimum atomic E-state index is -0.425. The maximum absolute atomic E-state index is 12.7. The Kier molecular flexibility index (Phi) is 6.51. The number of benzene rings is 1. The number of carbonyl (C=O) groups excluding carboxylic acids is 1. The highest BCUT2D eigenvalue weighted by Crippen LogP contribution is 2.28. The molecular formula is C21H24N4O4S. The molecule has 9 heteroatoms. The molecule has 3 rings (SSSR count). The summed E-state index contributed by atoms with van der Waals surface area (Å²) in [6.07, 6.45) is 2.91. The van der Waals surface area contributed by atoms with Crippen LogP contribution >= 0.6 is 11.3 Å². The van der Waals surface area contributed by atoms with Crippen LogP contribution in [-0.4, -0.2) is 34.9 Å². The van der Waals surface area contributed by atoms with Gasteiger partial charge in [-0.15, -0.1) is 11.3 Å². The first kappa shape index (κ1) is 21.5. The molecule has 0 atom stereocenters. The monoisotopic (exact) mass is 428 g/mol. The number of hydrogen-bond donors (Lipinski definition) is 1. The number of aromatic nitrogens is 2. The third-order valence-electron chi connectivity index (χ3n) is 4.42. The van der Waals surface area contributed by atoms with Crippen molar-refractivity contribution in [2.75, 3.05) is 7.11 Å². The van der Waals surface area contributed by atoms with Gasteiger partial charge in [0.15, 0.2) is 11.5 Å². The molecule has 1 amide bonds. The summed E-state index contributed by atoms with van der Waals surface area (Å²) in [6, 6.07) is 5.35. The number of carbonyl (C=O) groups is 1. The lowest BCUT2D eigenvalue weighted by Gasteiger charge is -2.13. The molecule has 0 bridgehead atoms. The third kappa shape index (κ3) is 4.68. The van der Waals surface area contributed by atoms with E-state index in [9.17, 15) is 9.59 Å². The second-order valence-electron chi connectivity index (χ2n) is 7.01. The van der Waals surface area contributed by atoms with Crippen molar-refractivity contribution in [1.82, 2.24) is 15.0 Å². The van der Waals surface area contributed by atoms with Crippen molar-refractivity contribution in [2.24, 2.45) is 5.10 Å². The highest BCUT2D eigenvalue weighted by molar-refractivity contribution is 7.18. The average Bonchev–Trinajstić information content (AvgIpc) is 2.99. The van der Waals surface area contributed by atoms with Gasteiger partial charge in [0.1, 0.15) is 11.4 Å². The molecule has 1 N–H and O–H groups in total. The Balaban J connectivity index is 1.68. The molecule has 0 aliphatic heterocycles. The van der Waals surface area contributed by atoms with E-state index in [-0.39, 0.29) is 18.2 Å². The molecule has 0 radical (unpaired) electrons. The van der Waals surface area contributed by atoms with E-state index in [4.69, 9.17) is 9.47 Å². The first-order valence-electron chi connectivity index (χ1n) is 9.42. The number of nitrogens with zero attached hydrogens (tertiary/aromatic N) is 3. The standard InChI is InChI=1S/C21H24N4O4S/c1-12(2)29-16-7-6-15(8-17(16)28-5)9-23-24-18(26)10-25-11-22-20-19(21(25)27)13(3)14(4)30-20/h6-9,11-12H,10H2,1-5H3,(H,24,26). The Labute approximate surface area is 178 Å². The van der Waals surface area contributed by atoms with Crippen molar-refractivity contribution in [2.45, 2.75) is 40.3 Å². The van der Waals surface area contributed by atoms with Gasteiger partial charge in [0.25, 0.3) is 11.5 Å². The number of hydrazone groups is 1. The Hall–Kier alpha value is -3.20. The number of rotatable bonds is 7. The lowest BCUT2D eigenvalue weighted by molar-refractivity contribution is -0.121. The summed E-state index contributed by atoms with van der Waals surface area (Å²) in [5.41, 5.74) is 3.83. The molecule has 0 unspecified atom stereocenters. The van der Waals surface area contributed by atoms with Crippen LogP contribution in [0.4, 0.5) is 0 Å². The van der Waals surface area contributed by atoms with E-state index < -0.39 is 5.91 Å². The molecule has 1 aromatic carbocycles. The maximum Gasteiger partial charge on any atom is 0.262 e. The molecule has 0 aliphatic carbocycles. The first-order valence-corrected chi connectivity index (χ1v) is 10.2. The maximum atomic E-state index is 12.7. The molecule has 0 saturated heterocycles. The number of ether oxygens (including phenoxy) is 2. The molecule has 0 saturated carbocycles. The molecule has 2 aromatic heterocycles. The molecule has 0 aliphatic rings. The Morgan fingerprint density at radius 2 is 2.10 bits per heavy atom. The first-order chi connectivity index (χ1) is 14.3. The van der Waals surface area contributed by atoms with E-state index in [0.29, 0.717) is 21.7 Å². The van der Waals surface area contributed by atoms with Gasteiger partial charge in [-0.2, -0.15) is 5.10 Å². The van der Waals surface area contributed by atoms with Crippen molar-refractivity contribution < 1.29 is 14.3 Å². The number of thiophene rings is 1. The van der Waals surface area contributed by atoms with Crippen molar-refractivity contribution in [3.8, 4) is 11.5 Å². The zero-order valence-corrected chi connectivity index (χ0v) is 18.4. The SMILES string of the molecule is COc1cc(C=NNC(=O)Cn2cnc3sc(C)c(C)c3c2=O)ccc1OC(C)C. The molecule has 0 fully saturated rings. The van der Waals surface area contributed by atoms with Gasteiger partial charge in [-0.25, -0.2) is 10.4 Å². The van der Waals surface area contributed by atoms with Gasteiger partial charge in [0.2, 0.25) is 0 Å². The van der Waals surface area contributed by atoms with Crippen LogP contribution in [0.25, 0.3) is 10.2 Å². The predicted molar refractivity (Wildman–Crippen MR) is 118 cm³/mol. The Morgan fingerprint density at radius 1 is 1.33 bits per heavy atom. The van der Waals surface area contributed by atoms with E-state index in [1.54, 1.807) is 25.3 Å². The smallest absolute Gasteiger partial charge is 0.262 e. The number of hydrogen-bond acceptors (Lipinski definition) is 7. The fourth-order valence-electron chi connectivity index (χ4n) is 2.87. The Bertz CT molecular complexity index is 1160. The van der Waals surface area contributed by atoms with E-state index in [1.807, 2.05) is 27.7 Å². The third-order valence-corrected chi connectivity index (χ3v) is 5.54. The largest absolute Gasteiger partial charge is 0.493 e. The zero-order chi connectivity index (χ0) is 21.8. The second-order valence-corrected chi connectivity index (χ2v) is 8.21. The molecule has 158 valence electrons. The zero-order valence-electron chi connectivity index (χ0n) is 17.6. The molecule has 3 aromatic rings. The molecule has 2 heterocycles. The summed E-state index contributed by atoms with van der Waals surface area (Å²) in [6.45, 7) is 7.53. The van der Waals surface area contributed by atoms with Gasteiger partial charge in [-0.3, -0.25) is 14.2 Å². The van der Waals surface area contributed by atoms with E-state index in [0.717, 1.165) is 16.0 Å². The van der Waals surface area contributed by atoms with E-state index >= 15 is 0 Å². The normalized spacial score (nSPS) is 11.4. The molecule has 0 spiro atoms. The second kappa shape index (κ2) is 9.08. The molecule has 8 nitrogen and oxygen atoms in total. The summed E-state index contributed by atoms with van der Waals surface area (Å²) < 4.78 is 12.3. The molecular weight excluding hydrogens is 404 g/mol. The summed E-state index contributed by atoms with van der Waals surface area (Å²) in [4.78, 5) is 30.9. The Morgan fingerprint density at radius 3 is 2.80 bits per heavy atom. The summed E-state index contributed by atoms with van der Waals surface area (Å²) in [5, 5.41) is 4.52. The van der Waals surface area contributed by atoms with Gasteiger partial charge >= 0.3 is 0 Å². The van der Waals surface area contributed by atoms with Crippen LogP contribution in [0.3, 0.4) is 0 Å². The van der Waals surface area contributed by atoms with Gasteiger partial charge in [0, 0.05) is 4.88 Å². The van der Waals surface area contributed by atoms with Gasteiger partial charge in [-0.1, -0.05) is 0 Å². The van der Waals surface area contributed by atoms with E-state index in [2.05, 4.69) is 15.5 Å². The van der Waals surface area contributed by atoms with Gasteiger partial charge in [0.05, 0.1) is 31.1 Å². The van der Waals surface area contributed by atoms with Crippen molar-refractivity contribution >= 4 is 33.7 Å². The average molecular weight is 429 g/mol. The van der Waals surface area contributed by atoms with Crippen LogP contribution in [0.1, 0.15) is 29.9 Å². The number of methoxy groups -OCH3 is 1. The van der Waals surface area contributed by atoms with Gasteiger partial charge < -0.3 is 9.47 Å². The minimum absolute atomic E-state index is 0.0246. The quantitative estimate of drug-likeness (QED) is 0.461. The fraction of sp³-hybridized carbons (Fsp3) is 0.333. The van der Waals surface area contributed by atoms with E-state index in [1.165, 1.54) is 28.4 Å². The van der Waals surface area contributed by atoms with Crippen LogP contribution in [0.2, 0.25) is 0 Å². The lowest BCUT2D eigenvalue weighted by Crippen LogP contribution is -2.30. The van der Waals surface area contributed by atoms with Crippen LogP contribution in [-0.2, 0) is 11.3 Å². The van der Waals surface area contributed by atoms with Crippen LogP contribution < -0.4 is 20.5 Å². The van der Waals surface area contributed by atoms with Crippen LogP contribution in [0, 0.1) is 13.8 Å². The number of fused-ring (bicyclic) bond motifs is 1. The highest BCUT2D eigenvalue weighted by atomic mass is 32.1. The van der Waals surface area contributed by atoms with Crippen LogP contribution in [0.15, 0.2) is 34.4 Å². The predicted octanol–water partition coefficient (Wildman–Crippen LogP) is 3.02. The summed E-state index contributed by atoms with van der Waals surface area (Å²) in [7, 11) is 1.56. The number of amides is 1. The van der Waals surface area contributed by atoms with Crippen LogP contribution in [0.5, 0.6) is 11.5 Å². The summed E-state index contributed by atoms with van der Waals surface area (Å²) >= 11 is 1.47. The van der Waals surface area contributed by atoms with Crippen molar-refractivity contribution in [3.05, 3.63) is 50.9 Å².